The zero-order valence-electron chi connectivity index (χ0n) is 12.1. The Kier molecular flexibility index (Phi) is 5.47. The molecule has 2 aromatic carbocycles. The van der Waals surface area contributed by atoms with Crippen LogP contribution in [0.4, 0.5) is 5.69 Å². The van der Waals surface area contributed by atoms with E-state index < -0.39 is 0 Å². The van der Waals surface area contributed by atoms with E-state index in [4.69, 9.17) is 4.74 Å². The molecule has 1 amide bonds. The van der Waals surface area contributed by atoms with Crippen molar-refractivity contribution in [1.29, 1.82) is 0 Å². The van der Waals surface area contributed by atoms with Crippen molar-refractivity contribution >= 4 is 43.5 Å². The van der Waals surface area contributed by atoms with Gasteiger partial charge < -0.3 is 15.2 Å². The number of carbonyl (C=O) groups is 1. The van der Waals surface area contributed by atoms with Crippen LogP contribution >= 0.6 is 31.9 Å². The third-order valence-corrected chi connectivity index (χ3v) is 4.36. The van der Waals surface area contributed by atoms with E-state index in [1.165, 1.54) is 5.56 Å². The van der Waals surface area contributed by atoms with Crippen LogP contribution in [0.3, 0.4) is 0 Å². The van der Waals surface area contributed by atoms with Gasteiger partial charge in [-0.1, -0.05) is 6.07 Å². The van der Waals surface area contributed by atoms with Crippen LogP contribution in [-0.4, -0.2) is 17.6 Å². The van der Waals surface area contributed by atoms with Gasteiger partial charge >= 0.3 is 0 Å². The van der Waals surface area contributed by atoms with E-state index in [2.05, 4.69) is 37.2 Å². The van der Waals surface area contributed by atoms with Gasteiger partial charge in [0.1, 0.15) is 11.5 Å². The molecule has 4 nitrogen and oxygen atoms in total. The Balaban J connectivity index is 1.97. The molecule has 0 aliphatic carbocycles. The predicted octanol–water partition coefficient (Wildman–Crippen LogP) is 4.55. The largest absolute Gasteiger partial charge is 0.506 e. The number of ether oxygens (including phenoxy) is 1. The Bertz CT molecular complexity index is 694. The normalized spacial score (nSPS) is 10.4. The molecule has 6 heteroatoms. The van der Waals surface area contributed by atoms with Gasteiger partial charge in [0.25, 0.3) is 5.91 Å². The van der Waals surface area contributed by atoms with Crippen molar-refractivity contribution in [3.63, 3.8) is 0 Å². The van der Waals surface area contributed by atoms with Crippen LogP contribution in [-0.2, 0) is 4.79 Å². The first kappa shape index (κ1) is 16.8. The number of benzene rings is 2. The van der Waals surface area contributed by atoms with Crippen molar-refractivity contribution in [3.05, 3.63) is 50.4 Å². The predicted molar refractivity (Wildman–Crippen MR) is 93.5 cm³/mol. The van der Waals surface area contributed by atoms with Crippen LogP contribution in [0, 0.1) is 13.8 Å². The smallest absolute Gasteiger partial charge is 0.262 e. The molecular weight excluding hydrogens is 414 g/mol. The fourth-order valence-electron chi connectivity index (χ4n) is 1.79. The van der Waals surface area contributed by atoms with Crippen molar-refractivity contribution in [2.24, 2.45) is 0 Å². The van der Waals surface area contributed by atoms with Crippen molar-refractivity contribution in [2.75, 3.05) is 11.9 Å². The monoisotopic (exact) mass is 427 g/mol. The highest BCUT2D eigenvalue weighted by Gasteiger charge is 2.09. The summed E-state index contributed by atoms with van der Waals surface area (Å²) in [5.41, 5.74) is 2.85. The summed E-state index contributed by atoms with van der Waals surface area (Å²) in [7, 11) is 0. The Hall–Kier alpha value is -1.53. The summed E-state index contributed by atoms with van der Waals surface area (Å²) in [6.07, 6.45) is 0. The van der Waals surface area contributed by atoms with E-state index in [9.17, 15) is 9.90 Å². The number of halogens is 2. The molecule has 0 aliphatic heterocycles. The lowest BCUT2D eigenvalue weighted by Crippen LogP contribution is -2.20. The molecule has 22 heavy (non-hydrogen) atoms. The van der Waals surface area contributed by atoms with E-state index in [0.29, 0.717) is 20.4 Å². The molecule has 0 spiro atoms. The van der Waals surface area contributed by atoms with E-state index in [1.807, 2.05) is 32.0 Å². The van der Waals surface area contributed by atoms with Crippen LogP contribution in [0.2, 0.25) is 0 Å². The fraction of sp³-hybridized carbons (Fsp3) is 0.188. The average Bonchev–Trinajstić information content (AvgIpc) is 2.46. The summed E-state index contributed by atoms with van der Waals surface area (Å²) in [6.45, 7) is 3.93. The molecule has 2 aromatic rings. The maximum Gasteiger partial charge on any atom is 0.262 e. The van der Waals surface area contributed by atoms with Crippen molar-refractivity contribution < 1.29 is 14.6 Å². The van der Waals surface area contributed by atoms with Gasteiger partial charge in [0.2, 0.25) is 0 Å². The minimum atomic E-state index is -0.275. The number of carbonyl (C=O) groups excluding carboxylic acids is 1. The number of aryl methyl sites for hydroxylation is 2. The molecule has 116 valence electrons. The molecule has 0 unspecified atom stereocenters. The number of phenols is 1. The van der Waals surface area contributed by atoms with Gasteiger partial charge in [0, 0.05) is 5.69 Å². The number of amides is 1. The minimum Gasteiger partial charge on any atom is -0.506 e. The van der Waals surface area contributed by atoms with Gasteiger partial charge in [0.05, 0.1) is 8.95 Å². The summed E-state index contributed by atoms with van der Waals surface area (Å²) < 4.78 is 6.46. The first-order valence-electron chi connectivity index (χ1n) is 6.54. The number of hydrogen-bond donors (Lipinski definition) is 2. The van der Waals surface area contributed by atoms with E-state index in [1.54, 1.807) is 12.1 Å². The Morgan fingerprint density at radius 1 is 1.14 bits per heavy atom. The van der Waals surface area contributed by atoms with E-state index in [-0.39, 0.29) is 18.3 Å². The second-order valence-corrected chi connectivity index (χ2v) is 6.58. The standard InChI is InChI=1S/C16H15Br2NO3/c1-9-3-4-12(5-10(9)2)22-8-15(20)19-11-6-13(17)16(21)14(18)7-11/h3-7,21H,8H2,1-2H3,(H,19,20). The molecule has 0 saturated carbocycles. The van der Waals surface area contributed by atoms with Crippen LogP contribution in [0.15, 0.2) is 39.3 Å². The quantitative estimate of drug-likeness (QED) is 0.702. The highest BCUT2D eigenvalue weighted by atomic mass is 79.9. The summed E-state index contributed by atoms with van der Waals surface area (Å²) in [5, 5.41) is 12.3. The highest BCUT2D eigenvalue weighted by Crippen LogP contribution is 2.35. The van der Waals surface area contributed by atoms with Crippen LogP contribution in [0.5, 0.6) is 11.5 Å². The van der Waals surface area contributed by atoms with Crippen molar-refractivity contribution in [1.82, 2.24) is 0 Å². The Morgan fingerprint density at radius 3 is 2.36 bits per heavy atom. The molecule has 0 radical (unpaired) electrons. The van der Waals surface area contributed by atoms with Crippen molar-refractivity contribution in [3.8, 4) is 11.5 Å². The Labute approximate surface area is 145 Å². The molecule has 0 saturated heterocycles. The van der Waals surface area contributed by atoms with Crippen molar-refractivity contribution in [2.45, 2.75) is 13.8 Å². The molecule has 0 atom stereocenters. The fourth-order valence-corrected chi connectivity index (χ4v) is 2.97. The van der Waals surface area contributed by atoms with Gasteiger partial charge in [0.15, 0.2) is 6.61 Å². The molecular formula is C16H15Br2NO3. The molecule has 0 fully saturated rings. The topological polar surface area (TPSA) is 58.6 Å². The molecule has 0 aliphatic rings. The van der Waals surface area contributed by atoms with Gasteiger partial charge in [-0.15, -0.1) is 0 Å². The maximum atomic E-state index is 11.9. The number of phenolic OH excluding ortho intramolecular Hbond substituents is 1. The number of nitrogens with one attached hydrogen (secondary N) is 1. The average molecular weight is 429 g/mol. The molecule has 0 bridgehead atoms. The lowest BCUT2D eigenvalue weighted by molar-refractivity contribution is -0.118. The summed E-state index contributed by atoms with van der Waals surface area (Å²) in [6, 6.07) is 8.93. The number of hydrogen-bond acceptors (Lipinski definition) is 3. The number of aromatic hydroxyl groups is 1. The SMILES string of the molecule is Cc1ccc(OCC(=O)Nc2cc(Br)c(O)c(Br)c2)cc1C. The minimum absolute atomic E-state index is 0.0847. The number of anilines is 1. The van der Waals surface area contributed by atoms with Crippen LogP contribution < -0.4 is 10.1 Å². The lowest BCUT2D eigenvalue weighted by atomic mass is 10.1. The highest BCUT2D eigenvalue weighted by molar-refractivity contribution is 9.11. The lowest BCUT2D eigenvalue weighted by Gasteiger charge is -2.10. The first-order valence-corrected chi connectivity index (χ1v) is 8.13. The van der Waals surface area contributed by atoms with E-state index in [0.717, 1.165) is 5.56 Å². The van der Waals surface area contributed by atoms with Gasteiger partial charge in [-0.2, -0.15) is 0 Å². The van der Waals surface area contributed by atoms with Gasteiger partial charge in [-0.25, -0.2) is 0 Å². The summed E-state index contributed by atoms with van der Waals surface area (Å²) in [5.74, 6) is 0.471. The zero-order valence-corrected chi connectivity index (χ0v) is 15.3. The third kappa shape index (κ3) is 4.24. The molecule has 2 rings (SSSR count). The first-order chi connectivity index (χ1) is 10.4. The maximum absolute atomic E-state index is 11.9. The molecule has 2 N–H and O–H groups in total. The zero-order chi connectivity index (χ0) is 16.3. The summed E-state index contributed by atoms with van der Waals surface area (Å²) in [4.78, 5) is 11.9. The summed E-state index contributed by atoms with van der Waals surface area (Å²) >= 11 is 6.43. The second-order valence-electron chi connectivity index (χ2n) is 4.87. The molecule has 0 heterocycles. The van der Waals surface area contributed by atoms with E-state index >= 15 is 0 Å². The van der Waals surface area contributed by atoms with Gasteiger partial charge in [-0.3, -0.25) is 4.79 Å². The number of rotatable bonds is 4. The second kappa shape index (κ2) is 7.15. The van der Waals surface area contributed by atoms with Crippen LogP contribution in [0.25, 0.3) is 0 Å². The van der Waals surface area contributed by atoms with Gasteiger partial charge in [-0.05, 0) is 81.1 Å². The Morgan fingerprint density at radius 2 is 1.77 bits per heavy atom. The third-order valence-electron chi connectivity index (χ3n) is 3.15. The molecule has 0 aromatic heterocycles. The van der Waals surface area contributed by atoms with Crippen LogP contribution in [0.1, 0.15) is 11.1 Å².